The number of hydrogen-bond donors (Lipinski definition) is 3. The van der Waals surface area contributed by atoms with Gasteiger partial charge in [0.25, 0.3) is 0 Å². The van der Waals surface area contributed by atoms with E-state index in [9.17, 15) is 9.18 Å². The molecule has 2 aliphatic carbocycles. The highest BCUT2D eigenvalue weighted by Gasteiger charge is 2.54. The number of nitrogens with two attached hydrogens (primary N) is 2. The molecule has 0 spiro atoms. The molecule has 21 heavy (non-hydrogen) atoms. The minimum absolute atomic E-state index is 0.00886. The van der Waals surface area contributed by atoms with E-state index in [2.05, 4.69) is 15.3 Å². The molecular weight excluding hydrogens is 297 g/mol. The Morgan fingerprint density at radius 2 is 2.29 bits per heavy atom. The molecule has 2 fully saturated rings. The van der Waals surface area contributed by atoms with Crippen LogP contribution in [0.4, 0.5) is 10.2 Å². The van der Waals surface area contributed by atoms with Crippen molar-refractivity contribution in [2.24, 2.45) is 35.1 Å². The molecule has 0 aromatic carbocycles. The topological polar surface area (TPSA) is 107 Å². The van der Waals surface area contributed by atoms with Crippen molar-refractivity contribution in [1.82, 2.24) is 9.97 Å². The van der Waals surface area contributed by atoms with Gasteiger partial charge < -0.3 is 16.8 Å². The number of aromatic nitrogens is 2. The summed E-state index contributed by atoms with van der Waals surface area (Å²) in [4.78, 5) is 19.2. The van der Waals surface area contributed by atoms with Crippen LogP contribution in [0.5, 0.6) is 0 Å². The Bertz CT molecular complexity index is 571. The molecule has 5 atom stereocenters. The zero-order valence-electron chi connectivity index (χ0n) is 11.3. The minimum atomic E-state index is -0.602. The predicted molar refractivity (Wildman–Crippen MR) is 75.9 cm³/mol. The maximum Gasteiger partial charge on any atom is 0.224 e. The van der Waals surface area contributed by atoms with Crippen molar-refractivity contribution in [3.05, 3.63) is 17.3 Å². The molecule has 0 unspecified atom stereocenters. The van der Waals surface area contributed by atoms with Crippen molar-refractivity contribution in [1.29, 1.82) is 0 Å². The number of carbonyl (C=O) groups excluding carboxylic acids is 1. The number of amides is 1. The molecule has 0 radical (unpaired) electrons. The van der Waals surface area contributed by atoms with Gasteiger partial charge in [0.15, 0.2) is 11.6 Å². The summed E-state index contributed by atoms with van der Waals surface area (Å²) in [6.07, 6.45) is 2.79. The van der Waals surface area contributed by atoms with E-state index in [0.29, 0.717) is 12.5 Å². The fourth-order valence-corrected chi connectivity index (χ4v) is 4.11. The minimum Gasteiger partial charge on any atom is -0.369 e. The standard InChI is InChI=1S/C13H17ClFN5O/c14-13-18-4-8(15)12(20-13)19-10-7-2-5(1-6(7)3-16)9(10)11(17)21/h4-7,9-10H,1-3,16H2,(H2,17,21)(H,18,19,20)/t5-,6-,7+,9-,10+/m0/s1. The summed E-state index contributed by atoms with van der Waals surface area (Å²) in [5.41, 5.74) is 11.3. The van der Waals surface area contributed by atoms with Gasteiger partial charge in [0.05, 0.1) is 12.1 Å². The smallest absolute Gasteiger partial charge is 0.224 e. The van der Waals surface area contributed by atoms with Crippen molar-refractivity contribution in [2.45, 2.75) is 18.9 Å². The molecule has 1 amide bonds. The first-order valence-corrected chi connectivity index (χ1v) is 7.33. The predicted octanol–water partition coefficient (Wildman–Crippen LogP) is 0.766. The number of halogens is 2. The molecule has 6 nitrogen and oxygen atoms in total. The lowest BCUT2D eigenvalue weighted by atomic mass is 9.78. The van der Waals surface area contributed by atoms with Crippen molar-refractivity contribution < 1.29 is 9.18 Å². The van der Waals surface area contributed by atoms with Gasteiger partial charge in [-0.3, -0.25) is 4.79 Å². The second kappa shape index (κ2) is 5.38. The summed E-state index contributed by atoms with van der Waals surface area (Å²) in [6, 6.07) is -0.254. The molecule has 0 aliphatic heterocycles. The third kappa shape index (κ3) is 2.44. The van der Waals surface area contributed by atoms with Crippen LogP contribution in [0.15, 0.2) is 6.20 Å². The SMILES string of the molecule is NC[C@@H]1C[C@H]2C[C@H]1[C@@H](Nc1nc(Cl)ncc1F)[C@H]2C(N)=O. The lowest BCUT2D eigenvalue weighted by Gasteiger charge is -2.34. The van der Waals surface area contributed by atoms with Crippen LogP contribution in [-0.4, -0.2) is 28.5 Å². The van der Waals surface area contributed by atoms with E-state index >= 15 is 0 Å². The average Bonchev–Trinajstić information content (AvgIpc) is 3.00. The molecule has 2 bridgehead atoms. The molecular formula is C13H17ClFN5O. The van der Waals surface area contributed by atoms with E-state index in [0.717, 1.165) is 19.0 Å². The van der Waals surface area contributed by atoms with Crippen LogP contribution in [0.25, 0.3) is 0 Å². The number of rotatable bonds is 4. The molecule has 3 rings (SSSR count). The lowest BCUT2D eigenvalue weighted by Crippen LogP contribution is -2.46. The molecule has 5 N–H and O–H groups in total. The fourth-order valence-electron chi connectivity index (χ4n) is 3.98. The summed E-state index contributed by atoms with van der Waals surface area (Å²) in [5.74, 6) is -0.556. The van der Waals surface area contributed by atoms with Crippen molar-refractivity contribution >= 4 is 23.3 Å². The number of nitrogens with one attached hydrogen (secondary N) is 1. The van der Waals surface area contributed by atoms with Gasteiger partial charge in [-0.2, -0.15) is 4.98 Å². The zero-order valence-corrected chi connectivity index (χ0v) is 12.1. The Kier molecular flexibility index (Phi) is 3.71. The molecule has 114 valence electrons. The van der Waals surface area contributed by atoms with Gasteiger partial charge in [-0.25, -0.2) is 9.37 Å². The zero-order chi connectivity index (χ0) is 15.1. The first-order chi connectivity index (χ1) is 10.0. The van der Waals surface area contributed by atoms with Gasteiger partial charge in [-0.1, -0.05) is 0 Å². The Hall–Kier alpha value is -1.47. The molecule has 2 aliphatic rings. The van der Waals surface area contributed by atoms with Gasteiger partial charge in [0, 0.05) is 6.04 Å². The fraction of sp³-hybridized carbons (Fsp3) is 0.615. The van der Waals surface area contributed by atoms with Crippen LogP contribution >= 0.6 is 11.6 Å². The molecule has 8 heteroatoms. The van der Waals surface area contributed by atoms with Gasteiger partial charge in [-0.05, 0) is 48.7 Å². The first kappa shape index (κ1) is 14.5. The quantitative estimate of drug-likeness (QED) is 0.712. The monoisotopic (exact) mass is 313 g/mol. The summed E-state index contributed by atoms with van der Waals surface area (Å²) >= 11 is 5.70. The Morgan fingerprint density at radius 1 is 1.52 bits per heavy atom. The van der Waals surface area contributed by atoms with Gasteiger partial charge in [0.1, 0.15) is 0 Å². The number of primary amides is 1. The Labute approximate surface area is 126 Å². The van der Waals surface area contributed by atoms with E-state index in [-0.39, 0.29) is 40.8 Å². The van der Waals surface area contributed by atoms with Crippen LogP contribution in [0.2, 0.25) is 5.28 Å². The van der Waals surface area contributed by atoms with Gasteiger partial charge in [0.2, 0.25) is 11.2 Å². The maximum absolute atomic E-state index is 13.8. The Balaban J connectivity index is 1.88. The number of nitrogens with zero attached hydrogens (tertiary/aromatic N) is 2. The normalized spacial score (nSPS) is 34.1. The molecule has 1 aromatic rings. The Morgan fingerprint density at radius 3 is 2.95 bits per heavy atom. The summed E-state index contributed by atoms with van der Waals surface area (Å²) < 4.78 is 13.8. The van der Waals surface area contributed by atoms with Crippen molar-refractivity contribution in [3.63, 3.8) is 0 Å². The van der Waals surface area contributed by atoms with E-state index in [1.165, 1.54) is 0 Å². The molecule has 1 aromatic heterocycles. The number of carbonyl (C=O) groups is 1. The van der Waals surface area contributed by atoms with Crippen molar-refractivity contribution in [2.75, 3.05) is 11.9 Å². The summed E-state index contributed by atoms with van der Waals surface area (Å²) in [6.45, 7) is 0.553. The lowest BCUT2D eigenvalue weighted by molar-refractivity contribution is -0.123. The van der Waals surface area contributed by atoms with E-state index in [4.69, 9.17) is 23.1 Å². The van der Waals surface area contributed by atoms with Crippen LogP contribution in [0, 0.1) is 29.5 Å². The van der Waals surface area contributed by atoms with E-state index < -0.39 is 5.82 Å². The first-order valence-electron chi connectivity index (χ1n) is 6.95. The third-order valence-electron chi connectivity index (χ3n) is 4.79. The summed E-state index contributed by atoms with van der Waals surface area (Å²) in [7, 11) is 0. The molecule has 2 saturated carbocycles. The number of fused-ring (bicyclic) bond motifs is 2. The number of hydrogen-bond acceptors (Lipinski definition) is 5. The van der Waals surface area contributed by atoms with Crippen LogP contribution in [0.3, 0.4) is 0 Å². The third-order valence-corrected chi connectivity index (χ3v) is 4.97. The van der Waals surface area contributed by atoms with E-state index in [1.807, 2.05) is 0 Å². The largest absolute Gasteiger partial charge is 0.369 e. The number of anilines is 1. The highest BCUT2D eigenvalue weighted by atomic mass is 35.5. The summed E-state index contributed by atoms with van der Waals surface area (Å²) in [5, 5.41) is 2.96. The second-order valence-electron chi connectivity index (χ2n) is 5.82. The van der Waals surface area contributed by atoms with Crippen LogP contribution in [-0.2, 0) is 4.79 Å². The second-order valence-corrected chi connectivity index (χ2v) is 6.16. The van der Waals surface area contributed by atoms with Gasteiger partial charge in [-0.15, -0.1) is 0 Å². The van der Waals surface area contributed by atoms with E-state index in [1.54, 1.807) is 0 Å². The average molecular weight is 314 g/mol. The van der Waals surface area contributed by atoms with Crippen LogP contribution < -0.4 is 16.8 Å². The van der Waals surface area contributed by atoms with Crippen molar-refractivity contribution in [3.8, 4) is 0 Å². The van der Waals surface area contributed by atoms with Gasteiger partial charge >= 0.3 is 0 Å². The highest BCUT2D eigenvalue weighted by molar-refractivity contribution is 6.28. The molecule has 0 saturated heterocycles. The highest BCUT2D eigenvalue weighted by Crippen LogP contribution is 2.52. The molecule has 1 heterocycles. The van der Waals surface area contributed by atoms with Crippen LogP contribution in [0.1, 0.15) is 12.8 Å². The maximum atomic E-state index is 13.8.